The molecule has 0 N–H and O–H groups in total. The Kier molecular flexibility index (Phi) is 6.53. The summed E-state index contributed by atoms with van der Waals surface area (Å²) in [5.74, 6) is 0.0913. The molecule has 0 fully saturated rings. The van der Waals surface area contributed by atoms with E-state index in [-0.39, 0.29) is 5.91 Å². The molecule has 19 heavy (non-hydrogen) atoms. The zero-order valence-corrected chi connectivity index (χ0v) is 12.3. The minimum Gasteiger partial charge on any atom is -0.380 e. The van der Waals surface area contributed by atoms with Gasteiger partial charge in [0.1, 0.15) is 0 Å². The van der Waals surface area contributed by atoms with Gasteiger partial charge in [0, 0.05) is 18.8 Å². The summed E-state index contributed by atoms with van der Waals surface area (Å²) in [5.41, 5.74) is 2.12. The molecule has 0 unspecified atom stereocenters. The van der Waals surface area contributed by atoms with Crippen LogP contribution in [0.15, 0.2) is 24.3 Å². The molecule has 0 aliphatic carbocycles. The molecular formula is C15H24N2O2. The monoisotopic (exact) mass is 264 g/mol. The SMILES string of the molecule is CCOCCN(C(=O)CN(C)C)c1ccc(C)cc1. The first-order valence-electron chi connectivity index (χ1n) is 6.64. The maximum Gasteiger partial charge on any atom is 0.241 e. The Bertz CT molecular complexity index is 388. The molecule has 0 bridgehead atoms. The molecule has 4 heteroatoms. The van der Waals surface area contributed by atoms with E-state index in [0.29, 0.717) is 26.3 Å². The Morgan fingerprint density at radius 1 is 1.21 bits per heavy atom. The second-order valence-electron chi connectivity index (χ2n) is 4.82. The molecule has 0 atom stereocenters. The van der Waals surface area contributed by atoms with Gasteiger partial charge in [-0.2, -0.15) is 0 Å². The number of carbonyl (C=O) groups excluding carboxylic acids is 1. The number of anilines is 1. The van der Waals surface area contributed by atoms with Crippen molar-refractivity contribution < 1.29 is 9.53 Å². The van der Waals surface area contributed by atoms with E-state index >= 15 is 0 Å². The van der Waals surface area contributed by atoms with Gasteiger partial charge in [0.2, 0.25) is 5.91 Å². The molecule has 0 radical (unpaired) electrons. The molecule has 0 saturated carbocycles. The normalized spacial score (nSPS) is 10.8. The third-order valence-corrected chi connectivity index (χ3v) is 2.76. The Morgan fingerprint density at radius 3 is 2.37 bits per heavy atom. The van der Waals surface area contributed by atoms with Crippen LogP contribution in [0.2, 0.25) is 0 Å². The van der Waals surface area contributed by atoms with Gasteiger partial charge in [0.25, 0.3) is 0 Å². The zero-order chi connectivity index (χ0) is 14.3. The van der Waals surface area contributed by atoms with E-state index in [4.69, 9.17) is 4.74 Å². The van der Waals surface area contributed by atoms with Crippen LogP contribution in [-0.4, -0.2) is 51.2 Å². The van der Waals surface area contributed by atoms with Crippen molar-refractivity contribution in [2.75, 3.05) is 45.3 Å². The Balaban J connectivity index is 2.78. The summed E-state index contributed by atoms with van der Waals surface area (Å²) >= 11 is 0. The highest BCUT2D eigenvalue weighted by Crippen LogP contribution is 2.15. The van der Waals surface area contributed by atoms with E-state index in [0.717, 1.165) is 5.69 Å². The number of likely N-dealkylation sites (N-methyl/N-ethyl adjacent to an activating group) is 1. The van der Waals surface area contributed by atoms with Crippen LogP contribution in [0.3, 0.4) is 0 Å². The first kappa shape index (κ1) is 15.7. The van der Waals surface area contributed by atoms with Crippen molar-refractivity contribution in [1.82, 2.24) is 4.90 Å². The number of aryl methyl sites for hydroxylation is 1. The van der Waals surface area contributed by atoms with Crippen LogP contribution in [0.25, 0.3) is 0 Å². The van der Waals surface area contributed by atoms with Crippen LogP contribution in [0.4, 0.5) is 5.69 Å². The van der Waals surface area contributed by atoms with Gasteiger partial charge in [-0.1, -0.05) is 17.7 Å². The minimum absolute atomic E-state index is 0.0913. The van der Waals surface area contributed by atoms with E-state index in [1.165, 1.54) is 5.56 Å². The molecule has 4 nitrogen and oxygen atoms in total. The molecular weight excluding hydrogens is 240 g/mol. The molecule has 1 aromatic carbocycles. The fourth-order valence-corrected chi connectivity index (χ4v) is 1.78. The lowest BCUT2D eigenvalue weighted by Crippen LogP contribution is -2.39. The van der Waals surface area contributed by atoms with E-state index < -0.39 is 0 Å². The van der Waals surface area contributed by atoms with Crippen LogP contribution in [0, 0.1) is 6.92 Å². The largest absolute Gasteiger partial charge is 0.380 e. The number of hydrogen-bond acceptors (Lipinski definition) is 3. The fourth-order valence-electron chi connectivity index (χ4n) is 1.78. The van der Waals surface area contributed by atoms with Crippen molar-refractivity contribution in [2.24, 2.45) is 0 Å². The fraction of sp³-hybridized carbons (Fsp3) is 0.533. The van der Waals surface area contributed by atoms with Crippen LogP contribution < -0.4 is 4.90 Å². The van der Waals surface area contributed by atoms with Crippen molar-refractivity contribution in [3.63, 3.8) is 0 Å². The lowest BCUT2D eigenvalue weighted by atomic mass is 10.2. The Labute approximate surface area is 116 Å². The molecule has 1 rings (SSSR count). The summed E-state index contributed by atoms with van der Waals surface area (Å²) in [4.78, 5) is 15.9. The summed E-state index contributed by atoms with van der Waals surface area (Å²) in [6.07, 6.45) is 0. The molecule has 0 spiro atoms. The highest BCUT2D eigenvalue weighted by atomic mass is 16.5. The maximum atomic E-state index is 12.3. The summed E-state index contributed by atoms with van der Waals surface area (Å²) in [7, 11) is 3.79. The zero-order valence-electron chi connectivity index (χ0n) is 12.3. The van der Waals surface area contributed by atoms with Gasteiger partial charge in [-0.15, -0.1) is 0 Å². The average Bonchev–Trinajstić information content (AvgIpc) is 2.35. The molecule has 1 amide bonds. The molecule has 1 aromatic rings. The van der Waals surface area contributed by atoms with Crippen molar-refractivity contribution in [3.05, 3.63) is 29.8 Å². The van der Waals surface area contributed by atoms with Gasteiger partial charge in [-0.05, 0) is 40.1 Å². The topological polar surface area (TPSA) is 32.8 Å². The predicted molar refractivity (Wildman–Crippen MR) is 78.6 cm³/mol. The van der Waals surface area contributed by atoms with Gasteiger partial charge in [0.05, 0.1) is 13.2 Å². The standard InChI is InChI=1S/C15H24N2O2/c1-5-19-11-10-17(15(18)12-16(3)4)14-8-6-13(2)7-9-14/h6-9H,5,10-12H2,1-4H3. The van der Waals surface area contributed by atoms with Gasteiger partial charge >= 0.3 is 0 Å². The summed E-state index contributed by atoms with van der Waals surface area (Å²) in [6.45, 7) is 6.21. The second-order valence-corrected chi connectivity index (χ2v) is 4.82. The number of nitrogens with zero attached hydrogens (tertiary/aromatic N) is 2. The van der Waals surface area contributed by atoms with Crippen LogP contribution in [0.1, 0.15) is 12.5 Å². The van der Waals surface area contributed by atoms with Gasteiger partial charge < -0.3 is 14.5 Å². The summed E-state index contributed by atoms with van der Waals surface area (Å²) < 4.78 is 5.36. The molecule has 0 aliphatic rings. The van der Waals surface area contributed by atoms with Crippen LogP contribution in [-0.2, 0) is 9.53 Å². The average molecular weight is 264 g/mol. The molecule has 0 saturated heterocycles. The van der Waals surface area contributed by atoms with Crippen molar-refractivity contribution >= 4 is 11.6 Å². The number of rotatable bonds is 7. The number of benzene rings is 1. The molecule has 106 valence electrons. The molecule has 0 aromatic heterocycles. The van der Waals surface area contributed by atoms with Crippen LogP contribution >= 0.6 is 0 Å². The van der Waals surface area contributed by atoms with E-state index in [1.54, 1.807) is 4.90 Å². The van der Waals surface area contributed by atoms with E-state index in [1.807, 2.05) is 57.1 Å². The van der Waals surface area contributed by atoms with Crippen LogP contribution in [0.5, 0.6) is 0 Å². The lowest BCUT2D eigenvalue weighted by molar-refractivity contribution is -0.119. The predicted octanol–water partition coefficient (Wildman–Crippen LogP) is 1.93. The molecule has 0 aliphatic heterocycles. The van der Waals surface area contributed by atoms with Crippen molar-refractivity contribution in [3.8, 4) is 0 Å². The Morgan fingerprint density at radius 2 is 1.84 bits per heavy atom. The van der Waals surface area contributed by atoms with Gasteiger partial charge in [-0.3, -0.25) is 4.79 Å². The third-order valence-electron chi connectivity index (χ3n) is 2.76. The maximum absolute atomic E-state index is 12.3. The highest BCUT2D eigenvalue weighted by Gasteiger charge is 2.15. The number of ether oxygens (including phenoxy) is 1. The summed E-state index contributed by atoms with van der Waals surface area (Å²) in [6, 6.07) is 8.00. The second kappa shape index (κ2) is 7.92. The first-order valence-corrected chi connectivity index (χ1v) is 6.64. The van der Waals surface area contributed by atoms with E-state index in [2.05, 4.69) is 0 Å². The van der Waals surface area contributed by atoms with E-state index in [9.17, 15) is 4.79 Å². The smallest absolute Gasteiger partial charge is 0.241 e. The van der Waals surface area contributed by atoms with Gasteiger partial charge in [-0.25, -0.2) is 0 Å². The molecule has 0 heterocycles. The number of hydrogen-bond donors (Lipinski definition) is 0. The quantitative estimate of drug-likeness (QED) is 0.705. The number of amides is 1. The van der Waals surface area contributed by atoms with Crippen molar-refractivity contribution in [2.45, 2.75) is 13.8 Å². The third kappa shape index (κ3) is 5.41. The minimum atomic E-state index is 0.0913. The lowest BCUT2D eigenvalue weighted by Gasteiger charge is -2.24. The first-order chi connectivity index (χ1) is 9.04. The Hall–Kier alpha value is -1.39. The van der Waals surface area contributed by atoms with Crippen molar-refractivity contribution in [1.29, 1.82) is 0 Å². The van der Waals surface area contributed by atoms with Gasteiger partial charge in [0.15, 0.2) is 0 Å². The summed E-state index contributed by atoms with van der Waals surface area (Å²) in [5, 5.41) is 0. The highest BCUT2D eigenvalue weighted by molar-refractivity contribution is 5.94. The number of carbonyl (C=O) groups is 1.